The molecule has 0 bridgehead atoms. The summed E-state index contributed by atoms with van der Waals surface area (Å²) in [5, 5.41) is 12.0. The molecule has 0 amide bonds. The highest BCUT2D eigenvalue weighted by Gasteiger charge is 2.21. The molecule has 2 aromatic heterocycles. The van der Waals surface area contributed by atoms with E-state index in [4.69, 9.17) is 15.2 Å². The summed E-state index contributed by atoms with van der Waals surface area (Å²) in [4.78, 5) is 8.67. The zero-order valence-electron chi connectivity index (χ0n) is 21.8. The van der Waals surface area contributed by atoms with Crippen LogP contribution in [0.4, 0.5) is 15.9 Å². The first-order valence-corrected chi connectivity index (χ1v) is 12.5. The van der Waals surface area contributed by atoms with Crippen molar-refractivity contribution in [2.75, 3.05) is 64.2 Å². The molecule has 11 heteroatoms. The van der Waals surface area contributed by atoms with E-state index >= 15 is 4.39 Å². The normalized spacial score (nSPS) is 14.0. The van der Waals surface area contributed by atoms with Crippen molar-refractivity contribution in [3.8, 4) is 34.0 Å². The number of pyridine rings is 1. The minimum absolute atomic E-state index is 0.197. The second kappa shape index (κ2) is 11.1. The van der Waals surface area contributed by atoms with E-state index in [9.17, 15) is 0 Å². The Morgan fingerprint density at radius 1 is 1.11 bits per heavy atom. The molecule has 0 radical (unpaired) electrons. The van der Waals surface area contributed by atoms with Crippen molar-refractivity contribution in [3.05, 3.63) is 60.0 Å². The molecule has 1 saturated heterocycles. The van der Waals surface area contributed by atoms with Crippen molar-refractivity contribution in [2.24, 2.45) is 0 Å². The van der Waals surface area contributed by atoms with Crippen LogP contribution in [-0.4, -0.2) is 83.6 Å². The summed E-state index contributed by atoms with van der Waals surface area (Å²) < 4.78 is 28.2. The Labute approximate surface area is 220 Å². The lowest BCUT2D eigenvalue weighted by Gasteiger charge is -2.26. The van der Waals surface area contributed by atoms with E-state index < -0.39 is 5.82 Å². The first-order valence-electron chi connectivity index (χ1n) is 12.5. The Bertz CT molecular complexity index is 1420. The number of nitrogen functional groups attached to an aromatic ring is 1. The van der Waals surface area contributed by atoms with Gasteiger partial charge in [0.25, 0.3) is 0 Å². The largest absolute Gasteiger partial charge is 0.492 e. The molecule has 4 aromatic rings. The number of morpholine rings is 1. The molecule has 198 valence electrons. The smallest absolute Gasteiger partial charge is 0.190 e. The van der Waals surface area contributed by atoms with Crippen LogP contribution in [0, 0.1) is 12.7 Å². The topological polar surface area (TPSA) is 107 Å². The quantitative estimate of drug-likeness (QED) is 0.376. The van der Waals surface area contributed by atoms with Gasteiger partial charge in [-0.1, -0.05) is 12.1 Å². The fraction of sp³-hybridized carbons (Fsp3) is 0.333. The summed E-state index contributed by atoms with van der Waals surface area (Å²) in [6.45, 7) is 6.09. The lowest BCUT2D eigenvalue weighted by Crippen LogP contribution is -2.38. The van der Waals surface area contributed by atoms with Crippen molar-refractivity contribution >= 4 is 11.5 Å². The maximum absolute atomic E-state index is 15.6. The lowest BCUT2D eigenvalue weighted by atomic mass is 10.0. The van der Waals surface area contributed by atoms with E-state index in [1.54, 1.807) is 25.3 Å². The maximum atomic E-state index is 15.6. The Balaban J connectivity index is 1.42. The molecule has 10 nitrogen and oxygen atoms in total. The molecule has 2 aromatic carbocycles. The first kappa shape index (κ1) is 25.6. The third-order valence-corrected chi connectivity index (χ3v) is 6.64. The molecule has 0 spiro atoms. The van der Waals surface area contributed by atoms with Gasteiger partial charge in [0.05, 0.1) is 18.8 Å². The van der Waals surface area contributed by atoms with Crippen molar-refractivity contribution in [1.29, 1.82) is 0 Å². The Hall–Kier alpha value is -4.09. The molecule has 1 aliphatic rings. The average molecular weight is 519 g/mol. The Morgan fingerprint density at radius 2 is 1.92 bits per heavy atom. The Morgan fingerprint density at radius 3 is 2.71 bits per heavy atom. The van der Waals surface area contributed by atoms with Gasteiger partial charge in [-0.05, 0) is 53.2 Å². The number of aromatic nitrogens is 5. The van der Waals surface area contributed by atoms with Crippen LogP contribution in [0.3, 0.4) is 0 Å². The molecule has 0 aliphatic carbocycles. The van der Waals surface area contributed by atoms with Gasteiger partial charge in [0.15, 0.2) is 11.6 Å². The van der Waals surface area contributed by atoms with Gasteiger partial charge in [-0.25, -0.2) is 9.37 Å². The van der Waals surface area contributed by atoms with Gasteiger partial charge in [0.2, 0.25) is 0 Å². The van der Waals surface area contributed by atoms with Gasteiger partial charge in [-0.2, -0.15) is 4.68 Å². The van der Waals surface area contributed by atoms with E-state index in [1.807, 2.05) is 43.3 Å². The number of anilines is 2. The van der Waals surface area contributed by atoms with Crippen molar-refractivity contribution in [3.63, 3.8) is 0 Å². The minimum atomic E-state index is -0.469. The molecule has 5 rings (SSSR count). The molecule has 2 N–H and O–H groups in total. The van der Waals surface area contributed by atoms with Crippen LogP contribution in [0.25, 0.3) is 28.2 Å². The number of benzene rings is 2. The summed E-state index contributed by atoms with van der Waals surface area (Å²) in [6, 6.07) is 13.3. The zero-order chi connectivity index (χ0) is 26.6. The van der Waals surface area contributed by atoms with Gasteiger partial charge in [-0.15, -0.1) is 5.10 Å². The third-order valence-electron chi connectivity index (χ3n) is 6.64. The van der Waals surface area contributed by atoms with Crippen molar-refractivity contribution in [2.45, 2.75) is 6.92 Å². The molecule has 0 unspecified atom stereocenters. The average Bonchev–Trinajstić information content (AvgIpc) is 3.41. The van der Waals surface area contributed by atoms with Crippen LogP contribution in [0.15, 0.2) is 48.7 Å². The SMILES string of the molecule is Cc1c(OCCN2CCOCC2)ccc(-n2nnnc2-c2cc(-c3cccc(N(C)C)c3)cnc2N)c1F. The molecule has 3 heterocycles. The van der Waals surface area contributed by atoms with Crippen LogP contribution in [0.2, 0.25) is 0 Å². The van der Waals surface area contributed by atoms with Gasteiger partial charge < -0.3 is 20.1 Å². The maximum Gasteiger partial charge on any atom is 0.190 e. The first-order chi connectivity index (χ1) is 18.4. The third kappa shape index (κ3) is 5.29. The summed E-state index contributed by atoms with van der Waals surface area (Å²) >= 11 is 0. The number of tetrazole rings is 1. The van der Waals surface area contributed by atoms with Crippen molar-refractivity contribution < 1.29 is 13.9 Å². The summed E-state index contributed by atoms with van der Waals surface area (Å²) in [5.41, 5.74) is 10.2. The van der Waals surface area contributed by atoms with Crippen LogP contribution >= 0.6 is 0 Å². The van der Waals surface area contributed by atoms with Crippen LogP contribution in [0.1, 0.15) is 5.56 Å². The summed E-state index contributed by atoms with van der Waals surface area (Å²) in [7, 11) is 3.97. The molecule has 1 fully saturated rings. The number of hydrogen-bond donors (Lipinski definition) is 1. The highest BCUT2D eigenvalue weighted by Crippen LogP contribution is 2.32. The molecule has 1 aliphatic heterocycles. The van der Waals surface area contributed by atoms with Crippen LogP contribution in [0.5, 0.6) is 5.75 Å². The number of halogens is 1. The summed E-state index contributed by atoms with van der Waals surface area (Å²) in [5.74, 6) is 0.551. The van der Waals surface area contributed by atoms with Crippen LogP contribution in [-0.2, 0) is 4.74 Å². The van der Waals surface area contributed by atoms with E-state index in [0.717, 1.165) is 49.7 Å². The number of nitrogens with two attached hydrogens (primary N) is 1. The van der Waals surface area contributed by atoms with Gasteiger partial charge in [-0.3, -0.25) is 4.90 Å². The fourth-order valence-electron chi connectivity index (χ4n) is 4.38. The van der Waals surface area contributed by atoms with Gasteiger partial charge >= 0.3 is 0 Å². The second-order valence-corrected chi connectivity index (χ2v) is 9.34. The fourth-order valence-corrected chi connectivity index (χ4v) is 4.38. The molecule has 0 atom stereocenters. The monoisotopic (exact) mass is 518 g/mol. The molecular weight excluding hydrogens is 487 g/mol. The summed E-state index contributed by atoms with van der Waals surface area (Å²) in [6.07, 6.45) is 1.70. The van der Waals surface area contributed by atoms with Crippen LogP contribution < -0.4 is 15.4 Å². The number of hydrogen-bond acceptors (Lipinski definition) is 9. The molecule has 0 saturated carbocycles. The zero-order valence-corrected chi connectivity index (χ0v) is 21.8. The second-order valence-electron chi connectivity index (χ2n) is 9.34. The van der Waals surface area contributed by atoms with E-state index in [1.165, 1.54) is 4.68 Å². The van der Waals surface area contributed by atoms with E-state index in [2.05, 4.69) is 31.5 Å². The van der Waals surface area contributed by atoms with E-state index in [-0.39, 0.29) is 11.5 Å². The standard InChI is InChI=1S/C27H31FN8O2/c1-18-24(38-14-11-35-9-12-37-13-10-35)8-7-23(25(18)28)36-27(31-32-33-36)22-16-20(17-30-26(22)29)19-5-4-6-21(15-19)34(2)3/h4-8,15-17H,9-14H2,1-3H3,(H2,29,30). The number of rotatable bonds is 8. The van der Waals surface area contributed by atoms with Gasteiger partial charge in [0, 0.05) is 56.7 Å². The molecule has 38 heavy (non-hydrogen) atoms. The lowest BCUT2D eigenvalue weighted by molar-refractivity contribution is 0.0322. The minimum Gasteiger partial charge on any atom is -0.492 e. The van der Waals surface area contributed by atoms with E-state index in [0.29, 0.717) is 29.3 Å². The van der Waals surface area contributed by atoms with Crippen molar-refractivity contribution in [1.82, 2.24) is 30.1 Å². The predicted octanol–water partition coefficient (Wildman–Crippen LogP) is 3.20. The van der Waals surface area contributed by atoms with Gasteiger partial charge in [0.1, 0.15) is 23.9 Å². The number of ether oxygens (including phenoxy) is 2. The molecular formula is C27H31FN8O2. The highest BCUT2D eigenvalue weighted by molar-refractivity contribution is 5.77. The number of nitrogens with zero attached hydrogens (tertiary/aromatic N) is 7. The highest BCUT2D eigenvalue weighted by atomic mass is 19.1. The Kier molecular flexibility index (Phi) is 7.47. The predicted molar refractivity (Wildman–Crippen MR) is 144 cm³/mol.